The first-order valence-corrected chi connectivity index (χ1v) is 7.13. The Morgan fingerprint density at radius 2 is 2.00 bits per heavy atom. The van der Waals surface area contributed by atoms with Crippen LogP contribution in [0.3, 0.4) is 0 Å². The van der Waals surface area contributed by atoms with Gasteiger partial charge in [-0.2, -0.15) is 0 Å². The van der Waals surface area contributed by atoms with Crippen LogP contribution in [-0.4, -0.2) is 39.1 Å². The summed E-state index contributed by atoms with van der Waals surface area (Å²) in [5.41, 5.74) is 8.53. The Hall–Kier alpha value is -1.10. The summed E-state index contributed by atoms with van der Waals surface area (Å²) in [6.45, 7) is 3.51. The smallest absolute Gasteiger partial charge is 0.122 e. The lowest BCUT2D eigenvalue weighted by Crippen LogP contribution is -2.53. The fraction of sp³-hybridized carbons (Fsp3) is 0.625. The summed E-state index contributed by atoms with van der Waals surface area (Å²) in [4.78, 5) is 0. The molecule has 1 unspecified atom stereocenters. The Bertz CT molecular complexity index is 441. The van der Waals surface area contributed by atoms with Crippen molar-refractivity contribution in [2.75, 3.05) is 27.4 Å². The zero-order valence-corrected chi connectivity index (χ0v) is 12.6. The molecular weight excluding hydrogens is 254 g/mol. The van der Waals surface area contributed by atoms with Crippen molar-refractivity contribution in [1.29, 1.82) is 0 Å². The lowest BCUT2D eigenvalue weighted by Gasteiger charge is -2.40. The van der Waals surface area contributed by atoms with E-state index in [4.69, 9.17) is 19.9 Å². The van der Waals surface area contributed by atoms with E-state index in [0.29, 0.717) is 13.2 Å². The molecule has 1 saturated heterocycles. The molecule has 1 heterocycles. The van der Waals surface area contributed by atoms with Gasteiger partial charge in [0, 0.05) is 39.2 Å². The van der Waals surface area contributed by atoms with E-state index >= 15 is 0 Å². The molecule has 2 rings (SSSR count). The van der Waals surface area contributed by atoms with Gasteiger partial charge in [0.2, 0.25) is 0 Å². The molecule has 112 valence electrons. The van der Waals surface area contributed by atoms with E-state index in [1.54, 1.807) is 14.2 Å². The van der Waals surface area contributed by atoms with Crippen molar-refractivity contribution in [3.63, 3.8) is 0 Å². The highest BCUT2D eigenvalue weighted by atomic mass is 16.5. The maximum Gasteiger partial charge on any atom is 0.122 e. The molecule has 1 atom stereocenters. The molecule has 2 N–H and O–H groups in total. The Morgan fingerprint density at radius 3 is 2.60 bits per heavy atom. The Kier molecular flexibility index (Phi) is 5.02. The van der Waals surface area contributed by atoms with E-state index in [2.05, 4.69) is 13.0 Å². The minimum Gasteiger partial charge on any atom is -0.496 e. The standard InChI is InChI=1S/C16H25NO3/c1-12-4-5-14(18-2)13(10-12)11-15(17)16(19-3)6-8-20-9-7-16/h4-5,10,15H,6-9,11,17H2,1-3H3. The van der Waals surface area contributed by atoms with Crippen LogP contribution < -0.4 is 10.5 Å². The lowest BCUT2D eigenvalue weighted by molar-refractivity contribution is -0.103. The summed E-state index contributed by atoms with van der Waals surface area (Å²) in [7, 11) is 3.44. The molecule has 4 nitrogen and oxygen atoms in total. The summed E-state index contributed by atoms with van der Waals surface area (Å²) in [6.07, 6.45) is 2.44. The van der Waals surface area contributed by atoms with Crippen LogP contribution in [0, 0.1) is 6.92 Å². The van der Waals surface area contributed by atoms with Crippen molar-refractivity contribution in [1.82, 2.24) is 0 Å². The molecule has 0 spiro atoms. The highest BCUT2D eigenvalue weighted by Gasteiger charge is 2.38. The second-order valence-corrected chi connectivity index (χ2v) is 5.51. The fourth-order valence-corrected chi connectivity index (χ4v) is 2.93. The van der Waals surface area contributed by atoms with Gasteiger partial charge in [-0.3, -0.25) is 0 Å². The van der Waals surface area contributed by atoms with Crippen molar-refractivity contribution in [3.05, 3.63) is 29.3 Å². The summed E-state index contributed by atoms with van der Waals surface area (Å²) in [5, 5.41) is 0. The van der Waals surface area contributed by atoms with Crippen molar-refractivity contribution in [2.24, 2.45) is 5.73 Å². The molecule has 0 bridgehead atoms. The van der Waals surface area contributed by atoms with E-state index in [-0.39, 0.29) is 11.6 Å². The third-order valence-corrected chi connectivity index (χ3v) is 4.30. The molecule has 20 heavy (non-hydrogen) atoms. The number of rotatable bonds is 5. The number of methoxy groups -OCH3 is 2. The van der Waals surface area contributed by atoms with Crippen LogP contribution in [0.2, 0.25) is 0 Å². The minimum absolute atomic E-state index is 0.0629. The minimum atomic E-state index is -0.285. The second-order valence-electron chi connectivity index (χ2n) is 5.51. The van der Waals surface area contributed by atoms with Crippen LogP contribution in [0.25, 0.3) is 0 Å². The number of aryl methyl sites for hydroxylation is 1. The van der Waals surface area contributed by atoms with Crippen LogP contribution in [0.15, 0.2) is 18.2 Å². The molecule has 0 amide bonds. The molecule has 1 aliphatic rings. The number of benzene rings is 1. The van der Waals surface area contributed by atoms with Crippen LogP contribution in [0.1, 0.15) is 24.0 Å². The van der Waals surface area contributed by atoms with E-state index in [0.717, 1.165) is 30.6 Å². The first-order chi connectivity index (χ1) is 9.61. The number of ether oxygens (including phenoxy) is 3. The van der Waals surface area contributed by atoms with Gasteiger partial charge in [-0.25, -0.2) is 0 Å². The third kappa shape index (κ3) is 3.14. The quantitative estimate of drug-likeness (QED) is 0.896. The molecular formula is C16H25NO3. The maximum absolute atomic E-state index is 6.46. The Balaban J connectivity index is 2.17. The predicted octanol–water partition coefficient (Wildman–Crippen LogP) is 2.07. The molecule has 1 fully saturated rings. The first kappa shape index (κ1) is 15.3. The SMILES string of the molecule is COc1ccc(C)cc1CC(N)C1(OC)CCOCC1. The van der Waals surface area contributed by atoms with Gasteiger partial charge in [-0.15, -0.1) is 0 Å². The second kappa shape index (κ2) is 6.57. The summed E-state index contributed by atoms with van der Waals surface area (Å²) < 4.78 is 16.6. The Morgan fingerprint density at radius 1 is 1.30 bits per heavy atom. The number of hydrogen-bond acceptors (Lipinski definition) is 4. The van der Waals surface area contributed by atoms with Gasteiger partial charge in [-0.05, 0) is 25.0 Å². The van der Waals surface area contributed by atoms with E-state index in [9.17, 15) is 0 Å². The number of nitrogens with two attached hydrogens (primary N) is 1. The van der Waals surface area contributed by atoms with Crippen molar-refractivity contribution >= 4 is 0 Å². The van der Waals surface area contributed by atoms with Crippen LogP contribution in [0.4, 0.5) is 0 Å². The summed E-state index contributed by atoms with van der Waals surface area (Å²) in [6, 6.07) is 6.13. The average molecular weight is 279 g/mol. The molecule has 4 heteroatoms. The summed E-state index contributed by atoms with van der Waals surface area (Å²) >= 11 is 0. The van der Waals surface area contributed by atoms with E-state index in [1.807, 2.05) is 12.1 Å². The van der Waals surface area contributed by atoms with Crippen molar-refractivity contribution in [3.8, 4) is 5.75 Å². The average Bonchev–Trinajstić information content (AvgIpc) is 2.48. The van der Waals surface area contributed by atoms with Gasteiger partial charge >= 0.3 is 0 Å². The van der Waals surface area contributed by atoms with Gasteiger partial charge in [0.05, 0.1) is 12.7 Å². The van der Waals surface area contributed by atoms with Gasteiger partial charge in [-0.1, -0.05) is 17.7 Å². The highest BCUT2D eigenvalue weighted by molar-refractivity contribution is 5.37. The molecule has 0 aromatic heterocycles. The molecule has 1 aromatic rings. The lowest BCUT2D eigenvalue weighted by atomic mass is 9.83. The largest absolute Gasteiger partial charge is 0.496 e. The van der Waals surface area contributed by atoms with Crippen molar-refractivity contribution in [2.45, 2.75) is 37.8 Å². The monoisotopic (exact) mass is 279 g/mol. The van der Waals surface area contributed by atoms with Gasteiger partial charge in [0.15, 0.2) is 0 Å². The van der Waals surface area contributed by atoms with Crippen LogP contribution >= 0.6 is 0 Å². The van der Waals surface area contributed by atoms with Crippen molar-refractivity contribution < 1.29 is 14.2 Å². The first-order valence-electron chi connectivity index (χ1n) is 7.13. The van der Waals surface area contributed by atoms with E-state index in [1.165, 1.54) is 5.56 Å². The predicted molar refractivity (Wildman–Crippen MR) is 79.2 cm³/mol. The molecule has 0 saturated carbocycles. The molecule has 1 aromatic carbocycles. The zero-order chi connectivity index (χ0) is 14.6. The fourth-order valence-electron chi connectivity index (χ4n) is 2.93. The zero-order valence-electron chi connectivity index (χ0n) is 12.6. The maximum atomic E-state index is 6.46. The highest BCUT2D eigenvalue weighted by Crippen LogP contribution is 2.31. The summed E-state index contributed by atoms with van der Waals surface area (Å²) in [5.74, 6) is 0.893. The van der Waals surface area contributed by atoms with Crippen LogP contribution in [-0.2, 0) is 15.9 Å². The number of hydrogen-bond donors (Lipinski definition) is 1. The molecule has 0 aliphatic carbocycles. The normalized spacial score (nSPS) is 19.6. The molecule has 0 radical (unpaired) electrons. The van der Waals surface area contributed by atoms with Gasteiger partial charge in [0.1, 0.15) is 5.75 Å². The van der Waals surface area contributed by atoms with E-state index < -0.39 is 0 Å². The third-order valence-electron chi connectivity index (χ3n) is 4.30. The molecule has 1 aliphatic heterocycles. The van der Waals surface area contributed by atoms with Crippen LogP contribution in [0.5, 0.6) is 5.75 Å². The van der Waals surface area contributed by atoms with Gasteiger partial charge < -0.3 is 19.9 Å². The topological polar surface area (TPSA) is 53.7 Å². The van der Waals surface area contributed by atoms with Gasteiger partial charge in [0.25, 0.3) is 0 Å². The Labute approximate surface area is 121 Å².